The van der Waals surface area contributed by atoms with Crippen LogP contribution in [0.15, 0.2) is 24.3 Å². The zero-order chi connectivity index (χ0) is 16.0. The minimum absolute atomic E-state index is 0.141. The molecule has 124 valence electrons. The third-order valence-corrected chi connectivity index (χ3v) is 5.80. The van der Waals surface area contributed by atoms with E-state index in [2.05, 4.69) is 35.8 Å². The van der Waals surface area contributed by atoms with Crippen LogP contribution in [0.25, 0.3) is 0 Å². The van der Waals surface area contributed by atoms with Crippen LogP contribution in [0, 0.1) is 18.8 Å². The molecule has 0 radical (unpaired) electrons. The monoisotopic (exact) mass is 315 g/mol. The van der Waals surface area contributed by atoms with Crippen molar-refractivity contribution in [3.05, 3.63) is 35.7 Å². The quantitative estimate of drug-likeness (QED) is 0.686. The zero-order valence-corrected chi connectivity index (χ0v) is 13.6. The molecule has 0 spiro atoms. The number of hydrogen-bond acceptors (Lipinski definition) is 3. The first-order chi connectivity index (χ1) is 11.1. The summed E-state index contributed by atoms with van der Waals surface area (Å²) in [5.74, 6) is 1.83. The van der Waals surface area contributed by atoms with Crippen molar-refractivity contribution in [3.8, 4) is 0 Å². The van der Waals surface area contributed by atoms with Gasteiger partial charge in [-0.2, -0.15) is 0 Å². The molecule has 1 aliphatic heterocycles. The van der Waals surface area contributed by atoms with E-state index in [1.54, 1.807) is 0 Å². The molecule has 1 aromatic rings. The van der Waals surface area contributed by atoms with E-state index < -0.39 is 6.10 Å². The highest BCUT2D eigenvalue weighted by Crippen LogP contribution is 2.49. The minimum Gasteiger partial charge on any atom is -0.462 e. The van der Waals surface area contributed by atoms with Crippen molar-refractivity contribution in [2.45, 2.75) is 63.7 Å². The Morgan fingerprint density at radius 3 is 2.83 bits per heavy atom. The van der Waals surface area contributed by atoms with Gasteiger partial charge in [-0.15, -0.1) is 0 Å². The molecule has 1 N–H and O–H groups in total. The first kappa shape index (κ1) is 15.0. The Hall–Kier alpha value is -1.55. The van der Waals surface area contributed by atoms with Gasteiger partial charge in [-0.1, -0.05) is 12.2 Å². The summed E-state index contributed by atoms with van der Waals surface area (Å²) in [5.41, 5.74) is 2.71. The number of hydrogen-bond donors (Lipinski definition) is 1. The number of rotatable bonds is 4. The molecular formula is C19H25NO3. The number of aryl methyl sites for hydroxylation is 1. The maximum absolute atomic E-state index is 11.5. The van der Waals surface area contributed by atoms with Gasteiger partial charge in [0.1, 0.15) is 6.10 Å². The second-order valence-electron chi connectivity index (χ2n) is 7.43. The fourth-order valence-corrected chi connectivity index (χ4v) is 4.65. The van der Waals surface area contributed by atoms with Gasteiger partial charge < -0.3 is 14.4 Å². The number of aliphatic hydroxyl groups excluding tert-OH is 1. The van der Waals surface area contributed by atoms with Crippen LogP contribution in [0.5, 0.6) is 0 Å². The third-order valence-electron chi connectivity index (χ3n) is 5.80. The number of aromatic nitrogens is 1. The van der Waals surface area contributed by atoms with Crippen LogP contribution in [-0.2, 0) is 16.1 Å². The van der Waals surface area contributed by atoms with E-state index in [4.69, 9.17) is 4.74 Å². The number of nitrogens with zero attached hydrogens (tertiary/aromatic N) is 1. The summed E-state index contributed by atoms with van der Waals surface area (Å²) in [6, 6.07) is 4.48. The molecule has 0 amide bonds. The molecule has 23 heavy (non-hydrogen) atoms. The van der Waals surface area contributed by atoms with Gasteiger partial charge in [-0.05, 0) is 43.7 Å². The lowest BCUT2D eigenvalue weighted by molar-refractivity contribution is -0.160. The Bertz CT molecular complexity index is 633. The lowest BCUT2D eigenvalue weighted by Gasteiger charge is -2.27. The average molecular weight is 315 g/mol. The van der Waals surface area contributed by atoms with Gasteiger partial charge in [0.2, 0.25) is 0 Å². The molecule has 0 aromatic carbocycles. The first-order valence-electron chi connectivity index (χ1n) is 8.82. The second kappa shape index (κ2) is 5.82. The zero-order valence-electron chi connectivity index (χ0n) is 13.6. The molecule has 4 heteroatoms. The molecular weight excluding hydrogens is 290 g/mol. The number of ether oxygens (including phenoxy) is 1. The number of carbonyl (C=O) groups is 1. The van der Waals surface area contributed by atoms with E-state index in [1.165, 1.54) is 24.2 Å². The highest BCUT2D eigenvalue weighted by atomic mass is 16.5. The van der Waals surface area contributed by atoms with Crippen molar-refractivity contribution in [3.63, 3.8) is 0 Å². The van der Waals surface area contributed by atoms with Gasteiger partial charge in [0, 0.05) is 36.7 Å². The van der Waals surface area contributed by atoms with Crippen LogP contribution in [0.1, 0.15) is 49.4 Å². The molecule has 2 heterocycles. The Labute approximate surface area is 137 Å². The third kappa shape index (κ3) is 2.85. The smallest absolute Gasteiger partial charge is 0.308 e. The van der Waals surface area contributed by atoms with Crippen molar-refractivity contribution in [2.75, 3.05) is 0 Å². The number of cyclic esters (lactones) is 1. The Morgan fingerprint density at radius 1 is 1.26 bits per heavy atom. The van der Waals surface area contributed by atoms with Crippen LogP contribution >= 0.6 is 0 Å². The number of esters is 1. The summed E-state index contributed by atoms with van der Waals surface area (Å²) in [4.78, 5) is 11.5. The molecule has 5 atom stereocenters. The average Bonchev–Trinajstić information content (AvgIpc) is 3.19. The molecule has 1 saturated heterocycles. The maximum Gasteiger partial charge on any atom is 0.308 e. The maximum atomic E-state index is 11.5. The molecule has 2 fully saturated rings. The van der Waals surface area contributed by atoms with Crippen molar-refractivity contribution in [1.29, 1.82) is 0 Å². The van der Waals surface area contributed by atoms with Gasteiger partial charge in [0.25, 0.3) is 0 Å². The molecule has 2 bridgehead atoms. The van der Waals surface area contributed by atoms with Crippen LogP contribution in [-0.4, -0.2) is 27.9 Å². The highest BCUT2D eigenvalue weighted by molar-refractivity contribution is 5.70. The number of aliphatic hydroxyl groups is 1. The van der Waals surface area contributed by atoms with Crippen LogP contribution < -0.4 is 0 Å². The predicted octanol–water partition coefficient (Wildman–Crippen LogP) is 2.93. The Kier molecular flexibility index (Phi) is 3.80. The SMILES string of the molecule is Cc1ccc(C2CC3C=CC2C3)n1CCC1CC(O)CC(=O)O1. The van der Waals surface area contributed by atoms with Crippen molar-refractivity contribution in [1.82, 2.24) is 4.57 Å². The molecule has 3 aliphatic rings. The molecule has 1 aromatic heterocycles. The minimum atomic E-state index is -0.540. The normalized spacial score (nSPS) is 35.7. The van der Waals surface area contributed by atoms with E-state index in [-0.39, 0.29) is 18.5 Å². The van der Waals surface area contributed by atoms with Crippen molar-refractivity contribution < 1.29 is 14.6 Å². The lowest BCUT2D eigenvalue weighted by Crippen LogP contribution is -2.33. The van der Waals surface area contributed by atoms with Gasteiger partial charge in [-0.25, -0.2) is 0 Å². The predicted molar refractivity (Wildman–Crippen MR) is 87.0 cm³/mol. The van der Waals surface area contributed by atoms with Gasteiger partial charge in [0.05, 0.1) is 12.5 Å². The number of carbonyl (C=O) groups excluding carboxylic acids is 1. The highest BCUT2D eigenvalue weighted by Gasteiger charge is 2.38. The number of allylic oxidation sites excluding steroid dienone is 2. The summed E-state index contributed by atoms with van der Waals surface area (Å²) in [6.07, 6.45) is 8.14. The van der Waals surface area contributed by atoms with E-state index in [1.807, 2.05) is 0 Å². The van der Waals surface area contributed by atoms with E-state index in [0.29, 0.717) is 18.3 Å². The fraction of sp³-hybridized carbons (Fsp3) is 0.632. The van der Waals surface area contributed by atoms with E-state index in [0.717, 1.165) is 18.9 Å². The van der Waals surface area contributed by atoms with E-state index in [9.17, 15) is 9.90 Å². The number of fused-ring (bicyclic) bond motifs is 2. The molecule has 1 saturated carbocycles. The second-order valence-corrected chi connectivity index (χ2v) is 7.43. The standard InChI is InChI=1S/C19H25NO3/c1-12-2-5-18(17-9-13-3-4-14(17)8-13)20(12)7-6-16-10-15(21)11-19(22)23-16/h2-5,13-17,21H,6-11H2,1H3. The summed E-state index contributed by atoms with van der Waals surface area (Å²) in [7, 11) is 0. The first-order valence-corrected chi connectivity index (χ1v) is 8.82. The van der Waals surface area contributed by atoms with Crippen LogP contribution in [0.2, 0.25) is 0 Å². The van der Waals surface area contributed by atoms with Crippen LogP contribution in [0.4, 0.5) is 0 Å². The fourth-order valence-electron chi connectivity index (χ4n) is 4.65. The largest absolute Gasteiger partial charge is 0.462 e. The van der Waals surface area contributed by atoms with Gasteiger partial charge >= 0.3 is 5.97 Å². The van der Waals surface area contributed by atoms with Gasteiger partial charge in [0.15, 0.2) is 0 Å². The summed E-state index contributed by atoms with van der Waals surface area (Å²) in [5, 5.41) is 9.75. The van der Waals surface area contributed by atoms with Gasteiger partial charge in [-0.3, -0.25) is 4.79 Å². The molecule has 5 unspecified atom stereocenters. The van der Waals surface area contributed by atoms with Crippen LogP contribution in [0.3, 0.4) is 0 Å². The molecule has 4 rings (SSSR count). The molecule has 4 nitrogen and oxygen atoms in total. The Morgan fingerprint density at radius 2 is 2.13 bits per heavy atom. The molecule has 2 aliphatic carbocycles. The Balaban J connectivity index is 1.46. The van der Waals surface area contributed by atoms with Crippen molar-refractivity contribution >= 4 is 5.97 Å². The summed E-state index contributed by atoms with van der Waals surface area (Å²) in [6.45, 7) is 3.00. The lowest BCUT2D eigenvalue weighted by atomic mass is 9.90. The topological polar surface area (TPSA) is 51.5 Å². The summed E-state index contributed by atoms with van der Waals surface area (Å²) >= 11 is 0. The summed E-state index contributed by atoms with van der Waals surface area (Å²) < 4.78 is 7.78. The van der Waals surface area contributed by atoms with Crippen molar-refractivity contribution in [2.24, 2.45) is 11.8 Å². The van der Waals surface area contributed by atoms with E-state index >= 15 is 0 Å².